The fourth-order valence-corrected chi connectivity index (χ4v) is 6.67. The third-order valence-electron chi connectivity index (χ3n) is 8.03. The number of likely N-dealkylation sites (tertiary alicyclic amines) is 2. The maximum absolute atomic E-state index is 13.4. The van der Waals surface area contributed by atoms with E-state index in [0.29, 0.717) is 5.57 Å². The van der Waals surface area contributed by atoms with Crippen LogP contribution in [-0.2, 0) is 19.2 Å². The van der Waals surface area contributed by atoms with Gasteiger partial charge in [0.1, 0.15) is 11.5 Å². The molecule has 1 N–H and O–H groups in total. The number of allylic oxidation sites excluding steroid dienone is 2. The van der Waals surface area contributed by atoms with E-state index in [0.717, 1.165) is 23.1 Å². The Morgan fingerprint density at radius 3 is 2.14 bits per heavy atom. The van der Waals surface area contributed by atoms with Crippen molar-refractivity contribution < 1.29 is 42.2 Å². The molecule has 4 aliphatic rings. The van der Waals surface area contributed by atoms with Crippen LogP contribution in [0.5, 0.6) is 11.5 Å². The van der Waals surface area contributed by atoms with E-state index < -0.39 is 59.4 Å². The van der Waals surface area contributed by atoms with Gasteiger partial charge in [-0.05, 0) is 50.8 Å². The van der Waals surface area contributed by atoms with Gasteiger partial charge in [-0.3, -0.25) is 29.0 Å². The van der Waals surface area contributed by atoms with Gasteiger partial charge in [0.2, 0.25) is 23.6 Å². The Morgan fingerprint density at radius 2 is 1.53 bits per heavy atom. The number of ether oxygens (including phenoxy) is 1. The number of imide groups is 2. The summed E-state index contributed by atoms with van der Waals surface area (Å²) in [7, 11) is 0. The van der Waals surface area contributed by atoms with Crippen molar-refractivity contribution in [2.75, 3.05) is 13.1 Å². The smallest absolute Gasteiger partial charge is 0.508 e. The molecule has 5 rings (SSSR count). The minimum absolute atomic E-state index is 0.0179. The zero-order valence-electron chi connectivity index (χ0n) is 19.6. The Balaban J connectivity index is 1.66. The highest BCUT2D eigenvalue weighted by Gasteiger charge is 2.61. The molecule has 1 saturated carbocycles. The SMILES string of the molecule is CCN1C(=O)C2CC=C3C(CC4C(=O)N(CC)C(=O)C4C3c3cc(OC(F)(F)F)ccc3O)C2C1=O. The average Bonchev–Trinajstić information content (AvgIpc) is 3.21. The zero-order chi connectivity index (χ0) is 26.1. The van der Waals surface area contributed by atoms with Crippen molar-refractivity contribution in [1.82, 2.24) is 9.80 Å². The Hall–Kier alpha value is -3.37. The number of carbonyl (C=O) groups excluding carboxylic acids is 4. The monoisotopic (exact) mass is 506 g/mol. The van der Waals surface area contributed by atoms with Crippen molar-refractivity contribution in [2.24, 2.45) is 29.6 Å². The van der Waals surface area contributed by atoms with Crippen LogP contribution < -0.4 is 4.74 Å². The van der Waals surface area contributed by atoms with Gasteiger partial charge in [0.15, 0.2) is 0 Å². The number of aromatic hydroxyl groups is 1. The maximum atomic E-state index is 13.4. The van der Waals surface area contributed by atoms with Gasteiger partial charge >= 0.3 is 6.36 Å². The van der Waals surface area contributed by atoms with Crippen LogP contribution in [0.3, 0.4) is 0 Å². The Morgan fingerprint density at radius 1 is 0.917 bits per heavy atom. The van der Waals surface area contributed by atoms with Gasteiger partial charge in [0.05, 0.1) is 23.7 Å². The zero-order valence-corrected chi connectivity index (χ0v) is 19.6. The summed E-state index contributed by atoms with van der Waals surface area (Å²) in [4.78, 5) is 55.0. The lowest BCUT2D eigenvalue weighted by Crippen LogP contribution is -2.43. The van der Waals surface area contributed by atoms with Gasteiger partial charge in [-0.1, -0.05) is 11.6 Å². The van der Waals surface area contributed by atoms with Gasteiger partial charge in [-0.15, -0.1) is 13.2 Å². The predicted molar refractivity (Wildman–Crippen MR) is 117 cm³/mol. The van der Waals surface area contributed by atoms with Crippen LogP contribution in [0, 0.1) is 29.6 Å². The third-order valence-corrected chi connectivity index (χ3v) is 8.03. The fraction of sp³-hybridized carbons (Fsp3) is 0.520. The first-order valence-electron chi connectivity index (χ1n) is 12.0. The maximum Gasteiger partial charge on any atom is 0.573 e. The minimum atomic E-state index is -4.97. The predicted octanol–water partition coefficient (Wildman–Crippen LogP) is 2.97. The number of halogens is 3. The van der Waals surface area contributed by atoms with Crippen LogP contribution in [0.15, 0.2) is 29.8 Å². The second-order valence-corrected chi connectivity index (χ2v) is 9.63. The number of benzene rings is 1. The summed E-state index contributed by atoms with van der Waals surface area (Å²) in [5.74, 6) is -7.03. The summed E-state index contributed by atoms with van der Waals surface area (Å²) < 4.78 is 42.9. The molecule has 2 aliphatic heterocycles. The first kappa shape index (κ1) is 24.3. The standard InChI is InChI=1S/C25H25F3N2O6/c1-3-29-21(32)13-7-6-12-14(19(13)23(29)34)10-16-20(24(35)30(4-2)22(16)33)18(12)15-9-11(5-8-17(15)31)36-25(26,27)28/h5-6,8-9,13-14,16,18-20,31H,3-4,7,10H2,1-2H3. The van der Waals surface area contributed by atoms with Crippen molar-refractivity contribution in [2.45, 2.75) is 39.0 Å². The van der Waals surface area contributed by atoms with Crippen molar-refractivity contribution in [3.05, 3.63) is 35.4 Å². The van der Waals surface area contributed by atoms with Gasteiger partial charge < -0.3 is 9.84 Å². The number of amides is 4. The molecule has 3 fully saturated rings. The Bertz CT molecular complexity index is 1190. The summed E-state index contributed by atoms with van der Waals surface area (Å²) in [6.45, 7) is 3.68. The van der Waals surface area contributed by atoms with Crippen LogP contribution in [0.1, 0.15) is 38.2 Å². The fourth-order valence-electron chi connectivity index (χ4n) is 6.67. The molecule has 2 heterocycles. The Labute approximate surface area is 204 Å². The molecule has 6 atom stereocenters. The van der Waals surface area contributed by atoms with Gasteiger partial charge in [-0.25, -0.2) is 0 Å². The normalized spacial score (nSPS) is 31.9. The van der Waals surface area contributed by atoms with E-state index in [1.54, 1.807) is 19.9 Å². The summed E-state index contributed by atoms with van der Waals surface area (Å²) in [5, 5.41) is 10.7. The number of phenolic OH excluding ortho intramolecular Hbond substituents is 1. The number of fused-ring (bicyclic) bond motifs is 4. The summed E-state index contributed by atoms with van der Waals surface area (Å²) >= 11 is 0. The van der Waals surface area contributed by atoms with Gasteiger partial charge in [0, 0.05) is 24.6 Å². The number of nitrogens with zero attached hydrogens (tertiary/aromatic N) is 2. The highest BCUT2D eigenvalue weighted by molar-refractivity contribution is 6.08. The van der Waals surface area contributed by atoms with E-state index in [-0.39, 0.29) is 49.1 Å². The van der Waals surface area contributed by atoms with Crippen LogP contribution in [0.4, 0.5) is 13.2 Å². The van der Waals surface area contributed by atoms with Crippen LogP contribution in [-0.4, -0.2) is 58.0 Å². The van der Waals surface area contributed by atoms with E-state index in [4.69, 9.17) is 0 Å². The van der Waals surface area contributed by atoms with Crippen molar-refractivity contribution in [1.29, 1.82) is 0 Å². The van der Waals surface area contributed by atoms with E-state index in [9.17, 15) is 37.5 Å². The molecular weight excluding hydrogens is 481 g/mol. The number of hydrogen-bond acceptors (Lipinski definition) is 6. The second kappa shape index (κ2) is 8.35. The molecule has 1 aromatic carbocycles. The molecule has 11 heteroatoms. The number of alkyl halides is 3. The third kappa shape index (κ3) is 3.50. The lowest BCUT2D eigenvalue weighted by atomic mass is 9.57. The molecular formula is C25H25F3N2O6. The van der Waals surface area contributed by atoms with Crippen molar-refractivity contribution in [3.63, 3.8) is 0 Å². The molecule has 0 aromatic heterocycles. The quantitative estimate of drug-likeness (QED) is 0.498. The molecule has 192 valence electrons. The molecule has 2 saturated heterocycles. The molecule has 4 amide bonds. The van der Waals surface area contributed by atoms with Gasteiger partial charge in [0.25, 0.3) is 0 Å². The van der Waals surface area contributed by atoms with E-state index in [1.807, 2.05) is 0 Å². The number of hydrogen-bond donors (Lipinski definition) is 1. The summed E-state index contributed by atoms with van der Waals surface area (Å²) in [5.41, 5.74) is 0.611. The molecule has 6 unspecified atom stereocenters. The largest absolute Gasteiger partial charge is 0.573 e. The van der Waals surface area contributed by atoms with Crippen LogP contribution in [0.2, 0.25) is 0 Å². The van der Waals surface area contributed by atoms with Crippen molar-refractivity contribution >= 4 is 23.6 Å². The average molecular weight is 506 g/mol. The molecule has 8 nitrogen and oxygen atoms in total. The topological polar surface area (TPSA) is 104 Å². The molecule has 0 spiro atoms. The Kier molecular flexibility index (Phi) is 5.64. The molecule has 0 bridgehead atoms. The van der Waals surface area contributed by atoms with E-state index in [1.165, 1.54) is 4.90 Å². The lowest BCUT2D eigenvalue weighted by molar-refractivity contribution is -0.274. The molecule has 1 aromatic rings. The van der Waals surface area contributed by atoms with E-state index in [2.05, 4.69) is 4.74 Å². The number of rotatable bonds is 4. The minimum Gasteiger partial charge on any atom is -0.508 e. The molecule has 0 radical (unpaired) electrons. The summed E-state index contributed by atoms with van der Waals surface area (Å²) in [6.07, 6.45) is -2.81. The molecule has 2 aliphatic carbocycles. The number of phenols is 1. The number of carbonyl (C=O) groups is 4. The van der Waals surface area contributed by atoms with Crippen LogP contribution in [0.25, 0.3) is 0 Å². The first-order valence-corrected chi connectivity index (χ1v) is 12.0. The lowest BCUT2D eigenvalue weighted by Gasteiger charge is -2.44. The summed E-state index contributed by atoms with van der Waals surface area (Å²) in [6, 6.07) is 3.06. The first-order chi connectivity index (χ1) is 17.0. The highest BCUT2D eigenvalue weighted by Crippen LogP contribution is 2.59. The van der Waals surface area contributed by atoms with Gasteiger partial charge in [-0.2, -0.15) is 0 Å². The highest BCUT2D eigenvalue weighted by atomic mass is 19.4. The van der Waals surface area contributed by atoms with Crippen molar-refractivity contribution in [3.8, 4) is 11.5 Å². The van der Waals surface area contributed by atoms with E-state index >= 15 is 0 Å². The van der Waals surface area contributed by atoms with Crippen LogP contribution >= 0.6 is 0 Å². The molecule has 36 heavy (non-hydrogen) atoms. The second-order valence-electron chi connectivity index (χ2n) is 9.63.